The number of hydrogen-bond acceptors (Lipinski definition) is 3. The Balaban J connectivity index is 2.09. The number of nitrogens with zero attached hydrogens (tertiary/aromatic N) is 3. The van der Waals surface area contributed by atoms with Crippen molar-refractivity contribution in [3.05, 3.63) is 10.5 Å². The number of H-pyrrole nitrogens is 1. The first kappa shape index (κ1) is 13.2. The van der Waals surface area contributed by atoms with E-state index in [-0.39, 0.29) is 0 Å². The summed E-state index contributed by atoms with van der Waals surface area (Å²) in [6.07, 6.45) is 7.28. The van der Waals surface area contributed by atoms with Crippen LogP contribution in [0.2, 0.25) is 0 Å². The predicted molar refractivity (Wildman–Crippen MR) is 83.4 cm³/mol. The van der Waals surface area contributed by atoms with Gasteiger partial charge in [-0.1, -0.05) is 6.42 Å². The van der Waals surface area contributed by atoms with Crippen molar-refractivity contribution in [3.8, 4) is 0 Å². The maximum atomic E-state index is 5.54. The van der Waals surface area contributed by atoms with Gasteiger partial charge in [0.25, 0.3) is 0 Å². The van der Waals surface area contributed by atoms with Crippen molar-refractivity contribution >= 4 is 35.1 Å². The topological polar surface area (TPSA) is 38.5 Å². The number of fused-ring (bicyclic) bond motifs is 1. The molecule has 0 spiro atoms. The van der Waals surface area contributed by atoms with Gasteiger partial charge < -0.3 is 4.98 Å². The van der Waals surface area contributed by atoms with Gasteiger partial charge in [-0.05, 0) is 44.7 Å². The molecule has 2 atom stereocenters. The van der Waals surface area contributed by atoms with Crippen molar-refractivity contribution in [2.24, 2.45) is 7.05 Å². The van der Waals surface area contributed by atoms with E-state index in [1.807, 2.05) is 30.4 Å². The number of thioether (sulfide) groups is 1. The Labute approximate surface area is 122 Å². The lowest BCUT2D eigenvalue weighted by atomic mass is 9.95. The minimum Gasteiger partial charge on any atom is -0.328 e. The molecule has 2 aromatic rings. The Bertz CT molecular complexity index is 651. The Kier molecular flexibility index (Phi) is 3.47. The number of rotatable bonds is 2. The van der Waals surface area contributed by atoms with Crippen LogP contribution in [0.15, 0.2) is 0 Å². The van der Waals surface area contributed by atoms with Crippen LogP contribution in [0, 0.1) is 11.7 Å². The van der Waals surface area contributed by atoms with Crippen LogP contribution in [0.3, 0.4) is 0 Å². The minimum atomic E-state index is 0.516. The monoisotopic (exact) mass is 296 g/mol. The SMILES string of the molecule is CSC1CCCC(n2c(=S)[nH]c3c(C)nn(C)c32)C1. The van der Waals surface area contributed by atoms with Crippen molar-refractivity contribution in [2.45, 2.75) is 43.9 Å². The smallest absolute Gasteiger partial charge is 0.179 e. The summed E-state index contributed by atoms with van der Waals surface area (Å²) in [5.41, 5.74) is 3.27. The second-order valence-electron chi connectivity index (χ2n) is 5.39. The average molecular weight is 296 g/mol. The van der Waals surface area contributed by atoms with Crippen molar-refractivity contribution < 1.29 is 0 Å². The Morgan fingerprint density at radius 1 is 1.42 bits per heavy atom. The molecule has 3 rings (SSSR count). The lowest BCUT2D eigenvalue weighted by Gasteiger charge is -2.29. The van der Waals surface area contributed by atoms with Gasteiger partial charge in [-0.15, -0.1) is 0 Å². The lowest BCUT2D eigenvalue weighted by Crippen LogP contribution is -2.21. The van der Waals surface area contributed by atoms with Crippen LogP contribution in [-0.2, 0) is 7.05 Å². The van der Waals surface area contributed by atoms with E-state index in [1.54, 1.807) is 0 Å². The molecule has 0 amide bonds. The second-order valence-corrected chi connectivity index (χ2v) is 6.91. The van der Waals surface area contributed by atoms with Crippen LogP contribution >= 0.6 is 24.0 Å². The summed E-state index contributed by atoms with van der Waals surface area (Å²) in [6.45, 7) is 2.03. The maximum Gasteiger partial charge on any atom is 0.179 e. The van der Waals surface area contributed by atoms with Gasteiger partial charge in [-0.2, -0.15) is 16.9 Å². The zero-order valence-electron chi connectivity index (χ0n) is 11.6. The highest BCUT2D eigenvalue weighted by molar-refractivity contribution is 7.99. The van der Waals surface area contributed by atoms with Gasteiger partial charge in [0.2, 0.25) is 0 Å². The quantitative estimate of drug-likeness (QED) is 0.861. The molecule has 0 saturated heterocycles. The van der Waals surface area contributed by atoms with E-state index in [0.717, 1.165) is 26.9 Å². The van der Waals surface area contributed by atoms with Crippen LogP contribution in [0.5, 0.6) is 0 Å². The molecule has 1 N–H and O–H groups in total. The average Bonchev–Trinajstić information content (AvgIpc) is 2.88. The third-order valence-electron chi connectivity index (χ3n) is 4.17. The number of hydrogen-bond donors (Lipinski definition) is 1. The summed E-state index contributed by atoms with van der Waals surface area (Å²) < 4.78 is 5.10. The number of aryl methyl sites for hydroxylation is 2. The summed E-state index contributed by atoms with van der Waals surface area (Å²) in [6, 6.07) is 0.516. The van der Waals surface area contributed by atoms with E-state index in [4.69, 9.17) is 12.2 Å². The van der Waals surface area contributed by atoms with Crippen molar-refractivity contribution in [2.75, 3.05) is 6.26 Å². The zero-order chi connectivity index (χ0) is 13.6. The maximum absolute atomic E-state index is 5.54. The molecule has 0 radical (unpaired) electrons. The van der Waals surface area contributed by atoms with Crippen molar-refractivity contribution in [1.29, 1.82) is 0 Å². The van der Waals surface area contributed by atoms with Crippen LogP contribution in [0.1, 0.15) is 37.4 Å². The molecule has 1 saturated carbocycles. The highest BCUT2D eigenvalue weighted by atomic mass is 32.2. The number of nitrogens with one attached hydrogen (secondary N) is 1. The summed E-state index contributed by atoms with van der Waals surface area (Å²) in [7, 11) is 2.00. The minimum absolute atomic E-state index is 0.516. The summed E-state index contributed by atoms with van der Waals surface area (Å²) in [4.78, 5) is 3.33. The molecular weight excluding hydrogens is 276 g/mol. The first-order valence-corrected chi connectivity index (χ1v) is 8.48. The molecule has 1 aliphatic rings. The fraction of sp³-hybridized carbons (Fsp3) is 0.692. The number of aromatic nitrogens is 4. The van der Waals surface area contributed by atoms with Gasteiger partial charge in [-0.3, -0.25) is 9.25 Å². The first-order chi connectivity index (χ1) is 9.11. The Morgan fingerprint density at radius 2 is 2.21 bits per heavy atom. The summed E-state index contributed by atoms with van der Waals surface area (Å²) in [5, 5.41) is 5.26. The molecule has 0 aliphatic heterocycles. The molecule has 0 aromatic carbocycles. The summed E-state index contributed by atoms with van der Waals surface area (Å²) in [5.74, 6) is 0. The molecule has 104 valence electrons. The van der Waals surface area contributed by atoms with Crippen molar-refractivity contribution in [3.63, 3.8) is 0 Å². The highest BCUT2D eigenvalue weighted by Gasteiger charge is 2.26. The standard InChI is InChI=1S/C13H20N4S2/c1-8-11-12(16(2)15-8)17(13(18)14-11)9-5-4-6-10(7-9)19-3/h9-10H,4-7H2,1-3H3,(H,14,18). The fourth-order valence-electron chi connectivity index (χ4n) is 3.24. The first-order valence-electron chi connectivity index (χ1n) is 6.78. The van der Waals surface area contributed by atoms with E-state index < -0.39 is 0 Å². The van der Waals surface area contributed by atoms with E-state index in [2.05, 4.69) is 20.9 Å². The van der Waals surface area contributed by atoms with Crippen molar-refractivity contribution in [1.82, 2.24) is 19.3 Å². The fourth-order valence-corrected chi connectivity index (χ4v) is 4.39. The van der Waals surface area contributed by atoms with Gasteiger partial charge in [0.15, 0.2) is 10.4 Å². The van der Waals surface area contributed by atoms with Gasteiger partial charge in [-0.25, -0.2) is 0 Å². The molecule has 2 heterocycles. The molecule has 0 bridgehead atoms. The van der Waals surface area contributed by atoms with Gasteiger partial charge in [0.05, 0.1) is 5.69 Å². The molecule has 2 unspecified atom stereocenters. The van der Waals surface area contributed by atoms with E-state index in [1.165, 1.54) is 25.7 Å². The van der Waals surface area contributed by atoms with Crippen LogP contribution in [-0.4, -0.2) is 30.8 Å². The zero-order valence-corrected chi connectivity index (χ0v) is 13.3. The lowest BCUT2D eigenvalue weighted by molar-refractivity contribution is 0.361. The normalized spacial score (nSPS) is 24.2. The predicted octanol–water partition coefficient (Wildman–Crippen LogP) is 3.59. The summed E-state index contributed by atoms with van der Waals surface area (Å²) >= 11 is 7.53. The van der Waals surface area contributed by atoms with Crippen LogP contribution in [0.25, 0.3) is 11.2 Å². The molecule has 1 aliphatic carbocycles. The molecule has 1 fully saturated rings. The van der Waals surface area contributed by atoms with Crippen LogP contribution in [0.4, 0.5) is 0 Å². The van der Waals surface area contributed by atoms with Gasteiger partial charge in [0, 0.05) is 18.3 Å². The van der Waals surface area contributed by atoms with Gasteiger partial charge in [0.1, 0.15) is 5.52 Å². The largest absolute Gasteiger partial charge is 0.328 e. The van der Waals surface area contributed by atoms with E-state index in [9.17, 15) is 0 Å². The molecule has 6 heteroatoms. The second kappa shape index (κ2) is 4.98. The Hall–Kier alpha value is -0.750. The van der Waals surface area contributed by atoms with E-state index in [0.29, 0.717) is 6.04 Å². The Morgan fingerprint density at radius 3 is 2.95 bits per heavy atom. The highest BCUT2D eigenvalue weighted by Crippen LogP contribution is 2.36. The molecule has 2 aromatic heterocycles. The molecular formula is C13H20N4S2. The third kappa shape index (κ3) is 2.14. The molecule has 19 heavy (non-hydrogen) atoms. The number of aromatic amines is 1. The van der Waals surface area contributed by atoms with Crippen LogP contribution < -0.4 is 0 Å². The number of imidazole rings is 1. The van der Waals surface area contributed by atoms with E-state index >= 15 is 0 Å². The van der Waals surface area contributed by atoms with Gasteiger partial charge >= 0.3 is 0 Å². The third-order valence-corrected chi connectivity index (χ3v) is 5.56. The molecule has 4 nitrogen and oxygen atoms in total.